The van der Waals surface area contributed by atoms with Crippen molar-refractivity contribution < 1.29 is 8.42 Å². The lowest BCUT2D eigenvalue weighted by molar-refractivity contribution is 0.346. The number of piperidine rings is 2. The molecule has 0 atom stereocenters. The number of fused-ring (bicyclic) bond motifs is 1. The van der Waals surface area contributed by atoms with E-state index in [0.29, 0.717) is 23.9 Å². The summed E-state index contributed by atoms with van der Waals surface area (Å²) in [6, 6.07) is 11.9. The van der Waals surface area contributed by atoms with Gasteiger partial charge in [0.2, 0.25) is 10.0 Å². The summed E-state index contributed by atoms with van der Waals surface area (Å²) in [5, 5.41) is 1.23. The Labute approximate surface area is 181 Å². The first-order valence-electron chi connectivity index (χ1n) is 10.7. The van der Waals surface area contributed by atoms with Gasteiger partial charge in [0.1, 0.15) is 10.7 Å². The highest BCUT2D eigenvalue weighted by Gasteiger charge is 2.27. The Kier molecular flexibility index (Phi) is 5.47. The largest absolute Gasteiger partial charge is 0.357 e. The first-order chi connectivity index (χ1) is 14.6. The summed E-state index contributed by atoms with van der Waals surface area (Å²) in [5.41, 5.74) is 1.09. The van der Waals surface area contributed by atoms with Crippen LogP contribution in [-0.4, -0.2) is 48.9 Å². The van der Waals surface area contributed by atoms with E-state index in [1.54, 1.807) is 21.7 Å². The minimum atomic E-state index is -3.42. The van der Waals surface area contributed by atoms with Crippen molar-refractivity contribution in [2.24, 2.45) is 0 Å². The van der Waals surface area contributed by atoms with Crippen LogP contribution in [-0.2, 0) is 10.0 Å². The average molecular weight is 443 g/mol. The molecule has 5 rings (SSSR count). The number of aromatic nitrogens is 2. The van der Waals surface area contributed by atoms with Crippen LogP contribution in [0.3, 0.4) is 0 Å². The molecule has 0 amide bonds. The van der Waals surface area contributed by atoms with Crippen molar-refractivity contribution in [3.8, 4) is 0 Å². The van der Waals surface area contributed by atoms with Crippen LogP contribution in [0.25, 0.3) is 10.2 Å². The standard InChI is InChI=1S/C22H26N4O2S2/c27-30(28,26-12-4-1-5-13-26)18-8-9-21(23-16-18)25-14-10-17(11-15-25)22-24-19-6-2-3-7-20(19)29-22/h2-3,6-9,16-17H,1,4-5,10-15H2. The fourth-order valence-electron chi connectivity index (χ4n) is 4.39. The van der Waals surface area contributed by atoms with E-state index in [1.807, 2.05) is 12.1 Å². The fraction of sp³-hybridized carbons (Fsp3) is 0.455. The number of benzene rings is 1. The molecule has 6 nitrogen and oxygen atoms in total. The monoisotopic (exact) mass is 442 g/mol. The predicted molar refractivity (Wildman–Crippen MR) is 121 cm³/mol. The predicted octanol–water partition coefficient (Wildman–Crippen LogP) is 4.25. The summed E-state index contributed by atoms with van der Waals surface area (Å²) in [5.74, 6) is 1.34. The highest BCUT2D eigenvalue weighted by molar-refractivity contribution is 7.89. The second kappa shape index (κ2) is 8.24. The van der Waals surface area contributed by atoms with Crippen molar-refractivity contribution >= 4 is 37.4 Å². The molecular formula is C22H26N4O2S2. The van der Waals surface area contributed by atoms with Crippen LogP contribution >= 0.6 is 11.3 Å². The summed E-state index contributed by atoms with van der Waals surface area (Å²) in [6.07, 6.45) is 6.59. The van der Waals surface area contributed by atoms with Crippen LogP contribution < -0.4 is 4.90 Å². The topological polar surface area (TPSA) is 66.4 Å². The van der Waals surface area contributed by atoms with E-state index in [0.717, 1.165) is 56.5 Å². The maximum atomic E-state index is 12.8. The normalized spacial score (nSPS) is 19.4. The molecule has 8 heteroatoms. The Hall–Kier alpha value is -2.03. The third-order valence-electron chi connectivity index (χ3n) is 6.15. The van der Waals surface area contributed by atoms with Gasteiger partial charge in [0, 0.05) is 38.3 Å². The van der Waals surface area contributed by atoms with E-state index < -0.39 is 10.0 Å². The molecule has 0 bridgehead atoms. The van der Waals surface area contributed by atoms with Crippen LogP contribution in [0.4, 0.5) is 5.82 Å². The Morgan fingerprint density at radius 3 is 2.40 bits per heavy atom. The lowest BCUT2D eigenvalue weighted by Gasteiger charge is -2.32. The van der Waals surface area contributed by atoms with Crippen molar-refractivity contribution in [2.75, 3.05) is 31.1 Å². The van der Waals surface area contributed by atoms with E-state index in [1.165, 1.54) is 15.9 Å². The molecule has 0 unspecified atom stereocenters. The molecule has 2 aromatic heterocycles. The number of rotatable bonds is 4. The minimum absolute atomic E-state index is 0.303. The number of pyridine rings is 1. The van der Waals surface area contributed by atoms with Crippen molar-refractivity contribution in [1.82, 2.24) is 14.3 Å². The van der Waals surface area contributed by atoms with E-state index in [2.05, 4.69) is 28.1 Å². The molecule has 0 spiro atoms. The van der Waals surface area contributed by atoms with Crippen LogP contribution in [0.15, 0.2) is 47.5 Å². The number of para-hydroxylation sites is 1. The number of hydrogen-bond acceptors (Lipinski definition) is 6. The number of nitrogens with zero attached hydrogens (tertiary/aromatic N) is 4. The summed E-state index contributed by atoms with van der Waals surface area (Å²) in [4.78, 5) is 11.9. The van der Waals surface area contributed by atoms with Crippen LogP contribution in [0, 0.1) is 0 Å². The van der Waals surface area contributed by atoms with E-state index >= 15 is 0 Å². The Morgan fingerprint density at radius 1 is 0.933 bits per heavy atom. The van der Waals surface area contributed by atoms with Crippen LogP contribution in [0.5, 0.6) is 0 Å². The van der Waals surface area contributed by atoms with Crippen molar-refractivity contribution in [2.45, 2.75) is 42.9 Å². The first kappa shape index (κ1) is 19.9. The van der Waals surface area contributed by atoms with Gasteiger partial charge >= 0.3 is 0 Å². The van der Waals surface area contributed by atoms with E-state index in [-0.39, 0.29) is 0 Å². The third-order valence-corrected chi connectivity index (χ3v) is 9.23. The molecule has 30 heavy (non-hydrogen) atoms. The maximum Gasteiger partial charge on any atom is 0.244 e. The van der Waals surface area contributed by atoms with Crippen molar-refractivity contribution in [3.05, 3.63) is 47.6 Å². The van der Waals surface area contributed by atoms with E-state index in [9.17, 15) is 8.42 Å². The molecule has 0 aliphatic carbocycles. The zero-order chi connectivity index (χ0) is 20.6. The second-order valence-electron chi connectivity index (χ2n) is 8.10. The molecule has 2 aliphatic heterocycles. The second-order valence-corrected chi connectivity index (χ2v) is 11.1. The molecule has 1 aromatic carbocycles. The van der Waals surface area contributed by atoms with E-state index in [4.69, 9.17) is 4.98 Å². The molecule has 4 heterocycles. The molecular weight excluding hydrogens is 416 g/mol. The van der Waals surface area contributed by atoms with Gasteiger partial charge in [-0.15, -0.1) is 11.3 Å². The molecule has 158 valence electrons. The van der Waals surface area contributed by atoms with Gasteiger partial charge in [-0.3, -0.25) is 0 Å². The quantitative estimate of drug-likeness (QED) is 0.604. The van der Waals surface area contributed by atoms with Gasteiger partial charge < -0.3 is 4.90 Å². The average Bonchev–Trinajstić information content (AvgIpc) is 3.24. The maximum absolute atomic E-state index is 12.8. The number of sulfonamides is 1. The Morgan fingerprint density at radius 2 is 1.70 bits per heavy atom. The number of hydrogen-bond donors (Lipinski definition) is 0. The first-order valence-corrected chi connectivity index (χ1v) is 12.9. The van der Waals surface area contributed by atoms with Crippen molar-refractivity contribution in [3.63, 3.8) is 0 Å². The summed E-state index contributed by atoms with van der Waals surface area (Å²) < 4.78 is 28.5. The Balaban J connectivity index is 1.25. The number of anilines is 1. The molecule has 2 fully saturated rings. The fourth-order valence-corrected chi connectivity index (χ4v) is 6.99. The smallest absolute Gasteiger partial charge is 0.244 e. The molecule has 2 aliphatic rings. The zero-order valence-corrected chi connectivity index (χ0v) is 18.5. The van der Waals surface area contributed by atoms with Gasteiger partial charge in [-0.1, -0.05) is 18.6 Å². The highest BCUT2D eigenvalue weighted by Crippen LogP contribution is 2.34. The summed E-state index contributed by atoms with van der Waals surface area (Å²) in [7, 11) is -3.42. The zero-order valence-electron chi connectivity index (χ0n) is 16.9. The number of thiazole rings is 1. The van der Waals surface area contributed by atoms with Crippen molar-refractivity contribution in [1.29, 1.82) is 0 Å². The van der Waals surface area contributed by atoms with Gasteiger partial charge in [-0.2, -0.15) is 4.31 Å². The van der Waals surface area contributed by atoms with Gasteiger partial charge in [0.25, 0.3) is 0 Å². The van der Waals surface area contributed by atoms with Crippen LogP contribution in [0.2, 0.25) is 0 Å². The van der Waals surface area contributed by atoms with Gasteiger partial charge in [0.05, 0.1) is 15.2 Å². The third kappa shape index (κ3) is 3.84. The molecule has 3 aromatic rings. The van der Waals surface area contributed by atoms with Crippen LogP contribution in [0.1, 0.15) is 43.0 Å². The van der Waals surface area contributed by atoms with Gasteiger partial charge in [0.15, 0.2) is 0 Å². The van der Waals surface area contributed by atoms with Gasteiger partial charge in [-0.25, -0.2) is 18.4 Å². The Bertz CT molecular complexity index is 1080. The summed E-state index contributed by atoms with van der Waals surface area (Å²) in [6.45, 7) is 3.05. The molecule has 2 saturated heterocycles. The molecule has 0 N–H and O–H groups in total. The highest BCUT2D eigenvalue weighted by atomic mass is 32.2. The molecule has 0 saturated carbocycles. The SMILES string of the molecule is O=S(=O)(c1ccc(N2CCC(c3nc4ccccc4s3)CC2)nc1)N1CCCCC1. The lowest BCUT2D eigenvalue weighted by atomic mass is 9.97. The lowest BCUT2D eigenvalue weighted by Crippen LogP contribution is -2.36. The summed E-state index contributed by atoms with van der Waals surface area (Å²) >= 11 is 1.80. The van der Waals surface area contributed by atoms with Gasteiger partial charge in [-0.05, 0) is 49.9 Å². The molecule has 0 radical (unpaired) electrons. The minimum Gasteiger partial charge on any atom is -0.357 e.